The fourth-order valence-electron chi connectivity index (χ4n) is 2.53. The lowest BCUT2D eigenvalue weighted by atomic mass is 10.1. The van der Waals surface area contributed by atoms with Crippen molar-refractivity contribution in [1.82, 2.24) is 10.2 Å². The third-order valence-corrected chi connectivity index (χ3v) is 4.00. The molecule has 18 heavy (non-hydrogen) atoms. The van der Waals surface area contributed by atoms with E-state index in [0.29, 0.717) is 6.04 Å². The van der Waals surface area contributed by atoms with Crippen LogP contribution < -0.4 is 5.32 Å². The minimum Gasteiger partial charge on any atom is -0.334 e. The highest BCUT2D eigenvalue weighted by atomic mass is 79.9. The van der Waals surface area contributed by atoms with Crippen molar-refractivity contribution in [3.63, 3.8) is 0 Å². The third kappa shape index (κ3) is 2.75. The summed E-state index contributed by atoms with van der Waals surface area (Å²) in [6.07, 6.45) is 2.20. The molecule has 1 amide bonds. The summed E-state index contributed by atoms with van der Waals surface area (Å²) in [5.41, 5.74) is 1.85. The first-order chi connectivity index (χ1) is 8.63. The largest absolute Gasteiger partial charge is 0.334 e. The highest BCUT2D eigenvalue weighted by Crippen LogP contribution is 2.23. The predicted octanol–water partition coefficient (Wildman–Crippen LogP) is 2.58. The lowest BCUT2D eigenvalue weighted by Gasteiger charge is -2.25. The molecular formula is C14H19BrN2O. The van der Waals surface area contributed by atoms with Crippen LogP contribution in [0.4, 0.5) is 0 Å². The number of hydrogen-bond donors (Lipinski definition) is 1. The van der Waals surface area contributed by atoms with Crippen molar-refractivity contribution in [2.24, 2.45) is 0 Å². The number of likely N-dealkylation sites (tertiary alicyclic amines) is 1. The SMILES string of the molecule is CNCC1CCCN1C(=O)c1cc(Br)ccc1C. The minimum atomic E-state index is 0.159. The lowest BCUT2D eigenvalue weighted by Crippen LogP contribution is -2.41. The molecule has 1 atom stereocenters. The fourth-order valence-corrected chi connectivity index (χ4v) is 2.89. The summed E-state index contributed by atoms with van der Waals surface area (Å²) in [6.45, 7) is 3.73. The molecule has 1 fully saturated rings. The van der Waals surface area contributed by atoms with Crippen molar-refractivity contribution >= 4 is 21.8 Å². The summed E-state index contributed by atoms with van der Waals surface area (Å²) in [5, 5.41) is 3.17. The first kappa shape index (κ1) is 13.6. The molecule has 0 spiro atoms. The second-order valence-electron chi connectivity index (χ2n) is 4.81. The van der Waals surface area contributed by atoms with E-state index in [1.54, 1.807) is 0 Å². The van der Waals surface area contributed by atoms with Gasteiger partial charge in [-0.05, 0) is 44.5 Å². The minimum absolute atomic E-state index is 0.159. The van der Waals surface area contributed by atoms with Crippen LogP contribution >= 0.6 is 15.9 Å². The van der Waals surface area contributed by atoms with Crippen molar-refractivity contribution in [2.75, 3.05) is 20.1 Å². The molecule has 1 heterocycles. The molecule has 1 aromatic carbocycles. The zero-order valence-corrected chi connectivity index (χ0v) is 12.5. The highest BCUT2D eigenvalue weighted by Gasteiger charge is 2.29. The molecule has 0 aliphatic carbocycles. The summed E-state index contributed by atoms with van der Waals surface area (Å²) in [5.74, 6) is 0.159. The van der Waals surface area contributed by atoms with Gasteiger partial charge in [-0.3, -0.25) is 4.79 Å². The monoisotopic (exact) mass is 310 g/mol. The van der Waals surface area contributed by atoms with Gasteiger partial charge in [-0.15, -0.1) is 0 Å². The Kier molecular flexibility index (Phi) is 4.40. The molecule has 1 aromatic rings. The second kappa shape index (κ2) is 5.85. The normalized spacial score (nSPS) is 19.3. The number of nitrogens with one attached hydrogen (secondary N) is 1. The first-order valence-electron chi connectivity index (χ1n) is 6.35. The lowest BCUT2D eigenvalue weighted by molar-refractivity contribution is 0.0736. The molecule has 3 nitrogen and oxygen atoms in total. The van der Waals surface area contributed by atoms with Crippen molar-refractivity contribution < 1.29 is 4.79 Å². The van der Waals surface area contributed by atoms with Crippen LogP contribution in [0.15, 0.2) is 22.7 Å². The van der Waals surface area contributed by atoms with E-state index in [1.807, 2.05) is 37.1 Å². The van der Waals surface area contributed by atoms with E-state index in [9.17, 15) is 4.79 Å². The van der Waals surface area contributed by atoms with Gasteiger partial charge in [0.2, 0.25) is 0 Å². The molecule has 0 bridgehead atoms. The van der Waals surface area contributed by atoms with Crippen LogP contribution in [0.3, 0.4) is 0 Å². The van der Waals surface area contributed by atoms with Crippen molar-refractivity contribution in [1.29, 1.82) is 0 Å². The van der Waals surface area contributed by atoms with Crippen LogP contribution in [-0.2, 0) is 0 Å². The molecule has 2 rings (SSSR count). The van der Waals surface area contributed by atoms with E-state index in [1.165, 1.54) is 0 Å². The standard InChI is InChI=1S/C14H19BrN2O/c1-10-5-6-11(15)8-13(10)14(18)17-7-3-4-12(17)9-16-2/h5-6,8,12,16H,3-4,7,9H2,1-2H3. The van der Waals surface area contributed by atoms with Gasteiger partial charge in [-0.2, -0.15) is 0 Å². The number of carbonyl (C=O) groups is 1. The number of hydrogen-bond acceptors (Lipinski definition) is 2. The number of benzene rings is 1. The Morgan fingerprint density at radius 3 is 3.06 bits per heavy atom. The Morgan fingerprint density at radius 2 is 2.33 bits per heavy atom. The Hall–Kier alpha value is -0.870. The molecule has 1 unspecified atom stereocenters. The average molecular weight is 311 g/mol. The number of aryl methyl sites for hydroxylation is 1. The molecule has 1 N–H and O–H groups in total. The molecule has 0 saturated carbocycles. The molecule has 1 aliphatic rings. The van der Waals surface area contributed by atoms with Gasteiger partial charge in [0.15, 0.2) is 0 Å². The van der Waals surface area contributed by atoms with E-state index in [2.05, 4.69) is 21.2 Å². The van der Waals surface area contributed by atoms with Gasteiger partial charge < -0.3 is 10.2 Å². The summed E-state index contributed by atoms with van der Waals surface area (Å²) in [7, 11) is 1.94. The van der Waals surface area contributed by atoms with Gasteiger partial charge in [-0.1, -0.05) is 22.0 Å². The maximum absolute atomic E-state index is 12.6. The van der Waals surface area contributed by atoms with E-state index >= 15 is 0 Å². The van der Waals surface area contributed by atoms with Crippen LogP contribution in [0.25, 0.3) is 0 Å². The third-order valence-electron chi connectivity index (χ3n) is 3.51. The number of nitrogens with zero attached hydrogens (tertiary/aromatic N) is 1. The molecule has 4 heteroatoms. The molecule has 0 radical (unpaired) electrons. The number of carbonyl (C=O) groups excluding carboxylic acids is 1. The topological polar surface area (TPSA) is 32.3 Å². The van der Waals surface area contributed by atoms with E-state index in [-0.39, 0.29) is 5.91 Å². The van der Waals surface area contributed by atoms with Gasteiger partial charge in [0.1, 0.15) is 0 Å². The smallest absolute Gasteiger partial charge is 0.254 e. The van der Waals surface area contributed by atoms with Crippen LogP contribution in [0, 0.1) is 6.92 Å². The summed E-state index contributed by atoms with van der Waals surface area (Å²) in [6, 6.07) is 6.22. The maximum Gasteiger partial charge on any atom is 0.254 e. The van der Waals surface area contributed by atoms with Crippen molar-refractivity contribution in [2.45, 2.75) is 25.8 Å². The Labute approximate surface area is 117 Å². The maximum atomic E-state index is 12.6. The number of amides is 1. The van der Waals surface area contributed by atoms with E-state index < -0.39 is 0 Å². The zero-order chi connectivity index (χ0) is 13.1. The molecule has 1 aliphatic heterocycles. The van der Waals surface area contributed by atoms with Crippen LogP contribution in [0.2, 0.25) is 0 Å². The van der Waals surface area contributed by atoms with Gasteiger partial charge in [0.25, 0.3) is 5.91 Å². The molecular weight excluding hydrogens is 292 g/mol. The second-order valence-corrected chi connectivity index (χ2v) is 5.73. The number of rotatable bonds is 3. The van der Waals surface area contributed by atoms with Crippen molar-refractivity contribution in [3.8, 4) is 0 Å². The molecule has 98 valence electrons. The van der Waals surface area contributed by atoms with Gasteiger partial charge in [0.05, 0.1) is 0 Å². The predicted molar refractivity (Wildman–Crippen MR) is 76.9 cm³/mol. The Bertz CT molecular complexity index is 447. The van der Waals surface area contributed by atoms with Crippen LogP contribution in [-0.4, -0.2) is 37.0 Å². The van der Waals surface area contributed by atoms with Crippen LogP contribution in [0.1, 0.15) is 28.8 Å². The Balaban J connectivity index is 2.22. The molecule has 0 aromatic heterocycles. The number of likely N-dealkylation sites (N-methyl/N-ethyl adjacent to an activating group) is 1. The Morgan fingerprint density at radius 1 is 1.56 bits per heavy atom. The highest BCUT2D eigenvalue weighted by molar-refractivity contribution is 9.10. The van der Waals surface area contributed by atoms with Crippen molar-refractivity contribution in [3.05, 3.63) is 33.8 Å². The first-order valence-corrected chi connectivity index (χ1v) is 7.14. The summed E-state index contributed by atoms with van der Waals surface area (Å²) in [4.78, 5) is 14.6. The number of halogens is 1. The summed E-state index contributed by atoms with van der Waals surface area (Å²) >= 11 is 3.44. The van der Waals surface area contributed by atoms with Crippen LogP contribution in [0.5, 0.6) is 0 Å². The summed E-state index contributed by atoms with van der Waals surface area (Å²) < 4.78 is 0.959. The fraction of sp³-hybridized carbons (Fsp3) is 0.500. The van der Waals surface area contributed by atoms with Gasteiger partial charge >= 0.3 is 0 Å². The average Bonchev–Trinajstić information content (AvgIpc) is 2.80. The van der Waals surface area contributed by atoms with E-state index in [0.717, 1.165) is 41.5 Å². The van der Waals surface area contributed by atoms with Gasteiger partial charge in [-0.25, -0.2) is 0 Å². The molecule has 1 saturated heterocycles. The quantitative estimate of drug-likeness (QED) is 0.930. The van der Waals surface area contributed by atoms with Gasteiger partial charge in [0, 0.05) is 29.2 Å². The zero-order valence-electron chi connectivity index (χ0n) is 10.9. The van der Waals surface area contributed by atoms with E-state index in [4.69, 9.17) is 0 Å².